The first-order valence-electron chi connectivity index (χ1n) is 37.9. The molecule has 16 aromatic rings. The third-order valence-electron chi connectivity index (χ3n) is 19.2. The molecule has 128 heavy (non-hydrogen) atoms. The van der Waals surface area contributed by atoms with E-state index in [0.717, 1.165) is 118 Å². The van der Waals surface area contributed by atoms with E-state index < -0.39 is 0 Å². The molecular formula is C102H74ClFO20S4. The van der Waals surface area contributed by atoms with Gasteiger partial charge >= 0.3 is 24.6 Å². The summed E-state index contributed by atoms with van der Waals surface area (Å²) in [5.74, 6) is 2.73. The largest absolute Gasteiger partial charge is 0.508 e. The van der Waals surface area contributed by atoms with Crippen LogP contribution in [0.25, 0.3) is 84.9 Å². The molecule has 0 aliphatic heterocycles. The molecule has 0 unspecified atom stereocenters. The van der Waals surface area contributed by atoms with E-state index in [2.05, 4.69) is 26.3 Å². The molecule has 640 valence electrons. The number of carbonyl (C=O) groups excluding carboxylic acids is 12. The van der Waals surface area contributed by atoms with Gasteiger partial charge in [-0.1, -0.05) is 128 Å². The third-order valence-corrected chi connectivity index (χ3v) is 24.0. The van der Waals surface area contributed by atoms with Crippen molar-refractivity contribution in [2.75, 3.05) is 0 Å². The lowest BCUT2D eigenvalue weighted by Gasteiger charge is -2.10. The van der Waals surface area contributed by atoms with Crippen molar-refractivity contribution in [1.29, 1.82) is 0 Å². The van der Waals surface area contributed by atoms with Crippen LogP contribution in [0.5, 0.6) is 46.0 Å². The number of aromatic hydroxyl groups is 4. The number of carbonyl (C=O) groups is 4. The summed E-state index contributed by atoms with van der Waals surface area (Å²) in [5, 5.41) is 43.9. The number of thiophene rings is 4. The van der Waals surface area contributed by atoms with E-state index in [1.54, 1.807) is 91.9 Å². The minimum absolute atomic E-state index is 0.00251. The van der Waals surface area contributed by atoms with Crippen LogP contribution >= 0.6 is 56.9 Å². The number of hydrogen-bond acceptors (Lipinski definition) is 24. The van der Waals surface area contributed by atoms with Gasteiger partial charge in [0.05, 0.1) is 44.6 Å². The zero-order valence-electron chi connectivity index (χ0n) is 68.9. The van der Waals surface area contributed by atoms with Gasteiger partial charge in [0.2, 0.25) is 23.1 Å². The Morgan fingerprint density at radius 3 is 0.844 bits per heavy atom. The molecule has 0 bridgehead atoms. The van der Waals surface area contributed by atoms with Crippen molar-refractivity contribution in [3.63, 3.8) is 0 Å². The van der Waals surface area contributed by atoms with Gasteiger partial charge in [-0.2, -0.15) is 38.4 Å². The van der Waals surface area contributed by atoms with E-state index in [4.69, 9.17) is 68.9 Å². The SMILES string of the molecule is C=COc1ccc(-c2c(C(=O)c3c(C)cccc3C)sc3cc(O)ccc23)cc1.C=COc1ccc(-c2c(C(=O)c3ccc(C)cc3C)sc3cc(O)ccc23)cc1.C=COc1ccc(-c2c(C(=O)c3ccc(Cl)cc3C)sc3cc(O)ccc23)cc1.C=COc1ccc(-c2c(C(=O)c3ccc(F)cc3C)sc3cc(O)ccc23)cc1.O=C=O.O=C=O.O=C=O.O=C=O. The quantitative estimate of drug-likeness (QED) is 0.0407. The number of ether oxygens (including phenoxy) is 4. The Bertz CT molecular complexity index is 6460. The number of hydrogen-bond donors (Lipinski definition) is 4. The first-order valence-corrected chi connectivity index (χ1v) is 41.6. The van der Waals surface area contributed by atoms with Gasteiger partial charge in [0, 0.05) is 89.9 Å². The van der Waals surface area contributed by atoms with Crippen molar-refractivity contribution in [3.8, 4) is 90.5 Å². The Balaban J connectivity index is 0.000000185. The van der Waals surface area contributed by atoms with Crippen LogP contribution < -0.4 is 18.9 Å². The van der Waals surface area contributed by atoms with Crippen molar-refractivity contribution in [2.45, 2.75) is 41.5 Å². The van der Waals surface area contributed by atoms with Gasteiger partial charge in [-0.15, -0.1) is 45.3 Å². The number of benzene rings is 12. The van der Waals surface area contributed by atoms with Gasteiger partial charge in [-0.05, 0) is 249 Å². The molecule has 0 saturated carbocycles. The summed E-state index contributed by atoms with van der Waals surface area (Å²) in [6, 6.07) is 71.9. The normalized spacial score (nSPS) is 10.1. The maximum Gasteiger partial charge on any atom is 0.373 e. The third kappa shape index (κ3) is 23.4. The lowest BCUT2D eigenvalue weighted by molar-refractivity contribution is -0.193. The standard InChI is InChI=1S/2C25H20O3S.C24H17ClO3S.C24H17FO3S.4CO2/c1-4-28-19-9-6-17(7-10-19)23-21-12-8-18(26)14-22(21)29-25(23)24(27)20-11-5-15(2)13-16(20)3;1-4-28-19-11-8-17(9-12-19)23-20-13-10-18(26)14-21(20)29-25(23)24(27)22-15(2)6-5-7-16(22)3;2*1-3-28-18-8-4-15(5-9-18)22-20-11-7-17(26)13-21(20)29-24(22)23(27)19-10-6-16(25)12-14(19)2;4*2-1-3/h2*4-14,26H,1H2,2-3H3;2*3-13,26H,1H2,2H3;;;;. The maximum absolute atomic E-state index is 13.6. The van der Waals surface area contributed by atoms with E-state index >= 15 is 0 Å². The number of phenols is 4. The number of ketones is 4. The Morgan fingerprint density at radius 2 is 0.578 bits per heavy atom. The van der Waals surface area contributed by atoms with E-state index in [0.29, 0.717) is 69.8 Å². The molecule has 16 rings (SSSR count). The molecule has 4 heterocycles. The van der Waals surface area contributed by atoms with Crippen molar-refractivity contribution >= 4 is 145 Å². The zero-order chi connectivity index (χ0) is 93.0. The summed E-state index contributed by atoms with van der Waals surface area (Å²) in [4.78, 5) is 121. The van der Waals surface area contributed by atoms with Gasteiger partial charge in [-0.25, -0.2) is 4.39 Å². The highest BCUT2D eigenvalue weighted by Crippen LogP contribution is 2.47. The highest BCUT2D eigenvalue weighted by Gasteiger charge is 2.28. The average molecular weight is 1800 g/mol. The number of aryl methyl sites for hydroxylation is 6. The maximum atomic E-state index is 13.6. The minimum atomic E-state index is -0.377. The first-order chi connectivity index (χ1) is 61.6. The summed E-state index contributed by atoms with van der Waals surface area (Å²) >= 11 is 11.6. The number of rotatable bonds is 20. The van der Waals surface area contributed by atoms with Crippen LogP contribution in [-0.4, -0.2) is 68.2 Å². The molecule has 26 heteroatoms. The molecule has 0 radical (unpaired) electrons. The predicted octanol–water partition coefficient (Wildman–Crippen LogP) is 24.4. The lowest BCUT2D eigenvalue weighted by Crippen LogP contribution is -2.05. The van der Waals surface area contributed by atoms with Crippen molar-refractivity contribution in [3.05, 3.63) is 380 Å². The highest BCUT2D eigenvalue weighted by molar-refractivity contribution is 7.23. The topological polar surface area (TPSA) is 323 Å². The second kappa shape index (κ2) is 45.6. The molecular weight excluding hydrogens is 1730 g/mol. The first kappa shape index (κ1) is 96.1. The second-order valence-electron chi connectivity index (χ2n) is 27.3. The summed E-state index contributed by atoms with van der Waals surface area (Å²) in [7, 11) is 0. The van der Waals surface area contributed by atoms with Gasteiger partial charge in [0.15, 0.2) is 0 Å². The van der Waals surface area contributed by atoms with Crippen LogP contribution in [0.1, 0.15) is 94.3 Å². The summed E-state index contributed by atoms with van der Waals surface area (Å²) < 4.78 is 38.2. The molecule has 0 spiro atoms. The fraction of sp³-hybridized carbons (Fsp3) is 0.0588. The Kier molecular flexibility index (Phi) is 34.2. The Hall–Kier alpha value is -15.7. The van der Waals surface area contributed by atoms with Gasteiger partial charge in [-0.3, -0.25) is 19.2 Å². The monoisotopic (exact) mass is 1800 g/mol. The van der Waals surface area contributed by atoms with E-state index in [9.17, 15) is 44.0 Å². The van der Waals surface area contributed by atoms with Crippen molar-refractivity contribution < 1.29 is 101 Å². The molecule has 20 nitrogen and oxygen atoms in total. The smallest absolute Gasteiger partial charge is 0.373 e. The number of fused-ring (bicyclic) bond motifs is 4. The molecule has 0 aliphatic carbocycles. The number of halogens is 2. The Morgan fingerprint density at radius 1 is 0.320 bits per heavy atom. The molecule has 0 amide bonds. The molecule has 0 saturated heterocycles. The van der Waals surface area contributed by atoms with Gasteiger partial charge in [0.1, 0.15) is 51.8 Å². The summed E-state index contributed by atoms with van der Waals surface area (Å²) in [5.41, 5.74) is 14.8. The highest BCUT2D eigenvalue weighted by atomic mass is 35.5. The second-order valence-corrected chi connectivity index (χ2v) is 32.0. The minimum Gasteiger partial charge on any atom is -0.508 e. The fourth-order valence-electron chi connectivity index (χ4n) is 13.8. The molecule has 0 fully saturated rings. The lowest BCUT2D eigenvalue weighted by atomic mass is 9.94. The van der Waals surface area contributed by atoms with Crippen LogP contribution in [0, 0.1) is 47.4 Å². The average Bonchev–Trinajstić information content (AvgIpc) is 1.60. The zero-order valence-corrected chi connectivity index (χ0v) is 73.0. The van der Waals surface area contributed by atoms with Crippen LogP contribution in [0.4, 0.5) is 4.39 Å². The van der Waals surface area contributed by atoms with E-state index in [-0.39, 0.29) is 76.6 Å². The number of phenolic OH excluding ortho intramolecular Hbond substituents is 4. The van der Waals surface area contributed by atoms with Crippen LogP contribution in [-0.2, 0) is 38.4 Å². The molecule has 4 aromatic heterocycles. The van der Waals surface area contributed by atoms with Crippen molar-refractivity contribution in [2.24, 2.45) is 0 Å². The van der Waals surface area contributed by atoms with Gasteiger partial charge in [0.25, 0.3) is 0 Å². The van der Waals surface area contributed by atoms with Gasteiger partial charge < -0.3 is 39.4 Å². The molecule has 0 atom stereocenters. The van der Waals surface area contributed by atoms with Crippen LogP contribution in [0.15, 0.2) is 294 Å². The van der Waals surface area contributed by atoms with Crippen molar-refractivity contribution in [1.82, 2.24) is 0 Å². The molecule has 4 N–H and O–H groups in total. The fourth-order valence-corrected chi connectivity index (χ4v) is 18.9. The predicted molar refractivity (Wildman–Crippen MR) is 492 cm³/mol. The Labute approximate surface area is 753 Å². The van der Waals surface area contributed by atoms with Crippen LogP contribution in [0.3, 0.4) is 0 Å². The van der Waals surface area contributed by atoms with E-state index in [1.807, 2.05) is 174 Å². The molecule has 12 aromatic carbocycles. The summed E-state index contributed by atoms with van der Waals surface area (Å²) in [6.07, 6.45) is 6.49. The molecule has 0 aliphatic rings. The van der Waals surface area contributed by atoms with Crippen LogP contribution in [0.2, 0.25) is 5.02 Å². The van der Waals surface area contributed by atoms with E-state index in [1.165, 1.54) is 88.6 Å². The summed E-state index contributed by atoms with van der Waals surface area (Å²) in [6.45, 7) is 25.7.